The minimum absolute atomic E-state index is 0.358. The first-order valence-electron chi connectivity index (χ1n) is 5.29. The predicted octanol–water partition coefficient (Wildman–Crippen LogP) is 3.17. The van der Waals surface area contributed by atoms with Crippen LogP contribution in [-0.2, 0) is 0 Å². The van der Waals surface area contributed by atoms with Crippen LogP contribution in [0.5, 0.6) is 0 Å². The molecule has 0 aliphatic heterocycles. The van der Waals surface area contributed by atoms with E-state index in [1.54, 1.807) is 24.2 Å². The van der Waals surface area contributed by atoms with Gasteiger partial charge in [0, 0.05) is 22.9 Å². The van der Waals surface area contributed by atoms with Gasteiger partial charge in [0.2, 0.25) is 0 Å². The van der Waals surface area contributed by atoms with Crippen LogP contribution in [0, 0.1) is 0 Å². The molecule has 3 rings (SSSR count). The first-order valence-corrected chi connectivity index (χ1v) is 6.89. The first kappa shape index (κ1) is 11.5. The van der Waals surface area contributed by atoms with E-state index in [0.717, 1.165) is 11.4 Å². The van der Waals surface area contributed by atoms with Gasteiger partial charge in [-0.05, 0) is 18.4 Å². The summed E-state index contributed by atoms with van der Waals surface area (Å²) in [6.45, 7) is 0. The van der Waals surface area contributed by atoms with Crippen molar-refractivity contribution in [2.24, 2.45) is 0 Å². The molecule has 4 nitrogen and oxygen atoms in total. The third-order valence-corrected chi connectivity index (χ3v) is 3.64. The summed E-state index contributed by atoms with van der Waals surface area (Å²) < 4.78 is 1.84. The molecule has 0 aliphatic rings. The smallest absolute Gasteiger partial charge is 0.198 e. The summed E-state index contributed by atoms with van der Waals surface area (Å²) in [5.74, 6) is 0.766. The molecule has 0 atom stereocenters. The lowest BCUT2D eigenvalue weighted by Crippen LogP contribution is -1.90. The number of hydrogen-bond acceptors (Lipinski definition) is 4. The van der Waals surface area contributed by atoms with Gasteiger partial charge >= 0.3 is 0 Å². The van der Waals surface area contributed by atoms with Crippen molar-refractivity contribution in [3.8, 4) is 11.4 Å². The van der Waals surface area contributed by atoms with Gasteiger partial charge in [0.05, 0.1) is 0 Å². The molecule has 90 valence electrons. The fourth-order valence-corrected chi connectivity index (χ4v) is 2.33. The van der Waals surface area contributed by atoms with Crippen LogP contribution in [0.1, 0.15) is 0 Å². The van der Waals surface area contributed by atoms with Gasteiger partial charge in [0.15, 0.2) is 16.6 Å². The van der Waals surface area contributed by atoms with Crippen molar-refractivity contribution in [1.82, 2.24) is 19.6 Å². The van der Waals surface area contributed by atoms with Crippen molar-refractivity contribution < 1.29 is 0 Å². The summed E-state index contributed by atoms with van der Waals surface area (Å²) >= 11 is 7.67. The van der Waals surface area contributed by atoms with E-state index in [4.69, 9.17) is 11.6 Å². The second-order valence-electron chi connectivity index (χ2n) is 3.66. The van der Waals surface area contributed by atoms with Crippen molar-refractivity contribution in [1.29, 1.82) is 0 Å². The third-order valence-electron chi connectivity index (χ3n) is 2.63. The second kappa shape index (κ2) is 4.59. The Balaban J connectivity index is 2.16. The van der Waals surface area contributed by atoms with E-state index < -0.39 is 0 Å². The van der Waals surface area contributed by atoms with Crippen molar-refractivity contribution in [3.05, 3.63) is 41.8 Å². The molecule has 0 unspecified atom stereocenters. The number of fused-ring (bicyclic) bond motifs is 1. The van der Waals surface area contributed by atoms with Crippen LogP contribution in [0.2, 0.25) is 5.15 Å². The van der Waals surface area contributed by atoms with Crippen LogP contribution in [0.4, 0.5) is 0 Å². The Bertz CT molecular complexity index is 693. The maximum Gasteiger partial charge on any atom is 0.198 e. The van der Waals surface area contributed by atoms with Crippen LogP contribution in [0.3, 0.4) is 0 Å². The zero-order valence-electron chi connectivity index (χ0n) is 9.54. The van der Waals surface area contributed by atoms with Crippen molar-refractivity contribution >= 4 is 29.0 Å². The zero-order valence-corrected chi connectivity index (χ0v) is 11.1. The van der Waals surface area contributed by atoms with Crippen LogP contribution in [0.15, 0.2) is 41.6 Å². The number of thioether (sulfide) groups is 1. The molecule has 0 saturated carbocycles. The summed E-state index contributed by atoms with van der Waals surface area (Å²) in [6, 6.07) is 8.17. The lowest BCUT2D eigenvalue weighted by molar-refractivity contribution is 1.11. The van der Waals surface area contributed by atoms with Gasteiger partial charge in [0.1, 0.15) is 0 Å². The van der Waals surface area contributed by atoms with E-state index in [2.05, 4.69) is 27.3 Å². The quantitative estimate of drug-likeness (QED) is 0.674. The minimum atomic E-state index is 0.358. The zero-order chi connectivity index (χ0) is 12.5. The Morgan fingerprint density at radius 1 is 1.17 bits per heavy atom. The summed E-state index contributed by atoms with van der Waals surface area (Å²) in [5, 5.41) is 8.57. The van der Waals surface area contributed by atoms with E-state index in [-0.39, 0.29) is 0 Å². The highest BCUT2D eigenvalue weighted by molar-refractivity contribution is 7.98. The molecule has 2 heterocycles. The fourth-order valence-electron chi connectivity index (χ4n) is 1.73. The normalized spacial score (nSPS) is 11.0. The Morgan fingerprint density at radius 3 is 2.67 bits per heavy atom. The summed E-state index contributed by atoms with van der Waals surface area (Å²) in [6.07, 6.45) is 5.49. The SMILES string of the molecule is CSc1ccc(-c2nnc3c(Cl)nccn23)cc1. The molecular weight excluding hydrogens is 268 g/mol. The lowest BCUT2D eigenvalue weighted by Gasteiger charge is -2.01. The third kappa shape index (κ3) is 1.85. The molecule has 0 saturated heterocycles. The minimum Gasteiger partial charge on any atom is -0.278 e. The Labute approximate surface area is 113 Å². The van der Waals surface area contributed by atoms with E-state index in [1.807, 2.05) is 22.8 Å². The molecule has 0 fully saturated rings. The predicted molar refractivity (Wildman–Crippen MR) is 73.0 cm³/mol. The van der Waals surface area contributed by atoms with E-state index >= 15 is 0 Å². The van der Waals surface area contributed by atoms with E-state index in [0.29, 0.717) is 10.8 Å². The molecule has 0 aliphatic carbocycles. The average molecular weight is 277 g/mol. The monoisotopic (exact) mass is 276 g/mol. The average Bonchev–Trinajstić information content (AvgIpc) is 2.84. The van der Waals surface area contributed by atoms with Crippen molar-refractivity contribution in [3.63, 3.8) is 0 Å². The van der Waals surface area contributed by atoms with Gasteiger partial charge in [-0.15, -0.1) is 22.0 Å². The fraction of sp³-hybridized carbons (Fsp3) is 0.0833. The standard InChI is InChI=1S/C12H9ClN4S/c1-18-9-4-2-8(3-5-9)11-15-16-12-10(13)14-6-7-17(11)12/h2-7H,1H3. The number of benzene rings is 1. The largest absolute Gasteiger partial charge is 0.278 e. The van der Waals surface area contributed by atoms with Gasteiger partial charge in [-0.3, -0.25) is 4.40 Å². The lowest BCUT2D eigenvalue weighted by atomic mass is 10.2. The maximum absolute atomic E-state index is 5.97. The van der Waals surface area contributed by atoms with Gasteiger partial charge in [-0.25, -0.2) is 4.98 Å². The van der Waals surface area contributed by atoms with Crippen molar-refractivity contribution in [2.45, 2.75) is 4.90 Å². The van der Waals surface area contributed by atoms with Crippen LogP contribution < -0.4 is 0 Å². The van der Waals surface area contributed by atoms with Gasteiger partial charge < -0.3 is 0 Å². The second-order valence-corrected chi connectivity index (χ2v) is 4.90. The van der Waals surface area contributed by atoms with Crippen LogP contribution >= 0.6 is 23.4 Å². The molecule has 1 aromatic carbocycles. The molecule has 3 aromatic rings. The first-order chi connectivity index (χ1) is 8.79. The molecule has 0 bridgehead atoms. The Hall–Kier alpha value is -1.59. The number of nitrogens with zero attached hydrogens (tertiary/aromatic N) is 4. The summed E-state index contributed by atoms with van der Waals surface area (Å²) in [4.78, 5) is 5.20. The molecule has 0 spiro atoms. The molecule has 18 heavy (non-hydrogen) atoms. The number of halogens is 1. The molecule has 0 amide bonds. The molecular formula is C12H9ClN4S. The maximum atomic E-state index is 5.97. The topological polar surface area (TPSA) is 43.1 Å². The highest BCUT2D eigenvalue weighted by Crippen LogP contribution is 2.23. The number of hydrogen-bond donors (Lipinski definition) is 0. The molecule has 0 radical (unpaired) electrons. The van der Waals surface area contributed by atoms with Gasteiger partial charge in [0.25, 0.3) is 0 Å². The number of aromatic nitrogens is 4. The Kier molecular flexibility index (Phi) is 2.93. The van der Waals surface area contributed by atoms with E-state index in [1.165, 1.54) is 4.90 Å². The summed E-state index contributed by atoms with van der Waals surface area (Å²) in [5.41, 5.74) is 1.57. The van der Waals surface area contributed by atoms with Crippen LogP contribution in [-0.4, -0.2) is 25.8 Å². The molecule has 2 aromatic heterocycles. The van der Waals surface area contributed by atoms with Gasteiger partial charge in [-0.1, -0.05) is 23.7 Å². The van der Waals surface area contributed by atoms with Crippen LogP contribution in [0.25, 0.3) is 17.0 Å². The highest BCUT2D eigenvalue weighted by Gasteiger charge is 2.10. The molecule has 0 N–H and O–H groups in total. The molecule has 6 heteroatoms. The van der Waals surface area contributed by atoms with Gasteiger partial charge in [-0.2, -0.15) is 0 Å². The highest BCUT2D eigenvalue weighted by atomic mass is 35.5. The summed E-state index contributed by atoms with van der Waals surface area (Å²) in [7, 11) is 0. The Morgan fingerprint density at radius 2 is 1.94 bits per heavy atom. The van der Waals surface area contributed by atoms with Crippen molar-refractivity contribution in [2.75, 3.05) is 6.26 Å². The van der Waals surface area contributed by atoms with E-state index in [9.17, 15) is 0 Å². The number of rotatable bonds is 2.